The first-order valence-corrected chi connectivity index (χ1v) is 7.75. The van der Waals surface area contributed by atoms with Gasteiger partial charge in [-0.15, -0.1) is 0 Å². The van der Waals surface area contributed by atoms with E-state index < -0.39 is 17.8 Å². The van der Waals surface area contributed by atoms with Gasteiger partial charge in [0.15, 0.2) is 0 Å². The van der Waals surface area contributed by atoms with Crippen molar-refractivity contribution in [3.05, 3.63) is 40.4 Å². The van der Waals surface area contributed by atoms with Crippen LogP contribution in [0.1, 0.15) is 12.0 Å². The fourth-order valence-corrected chi connectivity index (χ4v) is 3.71. The molecule has 4 atom stereocenters. The van der Waals surface area contributed by atoms with Crippen LogP contribution >= 0.6 is 15.9 Å². The van der Waals surface area contributed by atoms with Crippen LogP contribution in [0.5, 0.6) is 0 Å². The molecule has 1 fully saturated rings. The average molecular weight is 350 g/mol. The fourth-order valence-electron chi connectivity index (χ4n) is 3.46. The number of carboxylic acid groups (broad SMARTS) is 1. The Balaban J connectivity index is 1.80. The number of benzene rings is 1. The lowest BCUT2D eigenvalue weighted by molar-refractivity contribution is -0.146. The standard InChI is InChI=1S/C16H16BrNO3/c1-8-6-11(4-5-12(8)17)18-15(19)13-9-2-3-10(7-9)14(13)16(20)21/h2-6,9-10,13-14H,7H2,1H3,(H,18,19)(H,20,21). The molecule has 2 N–H and O–H groups in total. The Labute approximate surface area is 131 Å². The molecule has 2 aliphatic carbocycles. The number of anilines is 1. The van der Waals surface area contributed by atoms with Crippen LogP contribution in [0.15, 0.2) is 34.8 Å². The normalized spacial score (nSPS) is 29.6. The lowest BCUT2D eigenvalue weighted by atomic mass is 9.82. The molecule has 1 saturated carbocycles. The summed E-state index contributed by atoms with van der Waals surface area (Å²) in [6, 6.07) is 5.56. The van der Waals surface area contributed by atoms with Gasteiger partial charge in [-0.1, -0.05) is 28.1 Å². The van der Waals surface area contributed by atoms with Gasteiger partial charge in [-0.2, -0.15) is 0 Å². The zero-order chi connectivity index (χ0) is 15.1. The van der Waals surface area contributed by atoms with Gasteiger partial charge in [0.25, 0.3) is 0 Å². The van der Waals surface area contributed by atoms with E-state index in [-0.39, 0.29) is 17.7 Å². The quantitative estimate of drug-likeness (QED) is 0.823. The summed E-state index contributed by atoms with van der Waals surface area (Å²) in [7, 11) is 0. The molecule has 2 bridgehead atoms. The summed E-state index contributed by atoms with van der Waals surface area (Å²) >= 11 is 3.42. The van der Waals surface area contributed by atoms with E-state index in [1.807, 2.05) is 37.3 Å². The molecular formula is C16H16BrNO3. The molecule has 0 spiro atoms. The number of fused-ring (bicyclic) bond motifs is 2. The van der Waals surface area contributed by atoms with Gasteiger partial charge in [0.05, 0.1) is 11.8 Å². The molecule has 0 aromatic heterocycles. The molecule has 0 aliphatic heterocycles. The van der Waals surface area contributed by atoms with Gasteiger partial charge < -0.3 is 10.4 Å². The number of allylic oxidation sites excluding steroid dienone is 2. The van der Waals surface area contributed by atoms with Crippen LogP contribution in [-0.4, -0.2) is 17.0 Å². The van der Waals surface area contributed by atoms with Crippen molar-refractivity contribution >= 4 is 33.5 Å². The number of aliphatic carboxylic acids is 1. The monoisotopic (exact) mass is 349 g/mol. The van der Waals surface area contributed by atoms with Crippen molar-refractivity contribution in [2.24, 2.45) is 23.7 Å². The summed E-state index contributed by atoms with van der Waals surface area (Å²) in [6.45, 7) is 1.94. The van der Waals surface area contributed by atoms with Gasteiger partial charge >= 0.3 is 5.97 Å². The van der Waals surface area contributed by atoms with E-state index in [0.717, 1.165) is 16.5 Å². The lowest BCUT2D eigenvalue weighted by Crippen LogP contribution is -2.36. The number of nitrogens with one attached hydrogen (secondary N) is 1. The highest BCUT2D eigenvalue weighted by molar-refractivity contribution is 9.10. The third-order valence-corrected chi connectivity index (χ3v) is 5.36. The van der Waals surface area contributed by atoms with E-state index in [9.17, 15) is 14.7 Å². The predicted molar refractivity (Wildman–Crippen MR) is 82.9 cm³/mol. The molecule has 0 saturated heterocycles. The zero-order valence-corrected chi connectivity index (χ0v) is 13.1. The average Bonchev–Trinajstić information content (AvgIpc) is 3.03. The van der Waals surface area contributed by atoms with Crippen molar-refractivity contribution in [2.45, 2.75) is 13.3 Å². The SMILES string of the molecule is Cc1cc(NC(=O)C2C3C=CC(C3)C2C(=O)O)ccc1Br. The topological polar surface area (TPSA) is 66.4 Å². The molecule has 5 heteroatoms. The fraction of sp³-hybridized carbons (Fsp3) is 0.375. The van der Waals surface area contributed by atoms with Crippen LogP contribution in [0.2, 0.25) is 0 Å². The highest BCUT2D eigenvalue weighted by Gasteiger charge is 2.51. The molecule has 21 heavy (non-hydrogen) atoms. The van der Waals surface area contributed by atoms with Crippen LogP contribution < -0.4 is 5.32 Å². The Morgan fingerprint density at radius 3 is 2.52 bits per heavy atom. The summed E-state index contributed by atoms with van der Waals surface area (Å²) in [4.78, 5) is 23.9. The van der Waals surface area contributed by atoms with Crippen LogP contribution in [0.25, 0.3) is 0 Å². The van der Waals surface area contributed by atoms with Crippen molar-refractivity contribution in [2.75, 3.05) is 5.32 Å². The van der Waals surface area contributed by atoms with Crippen LogP contribution in [0.4, 0.5) is 5.69 Å². The number of hydrogen-bond acceptors (Lipinski definition) is 2. The van der Waals surface area contributed by atoms with Gasteiger partial charge in [0, 0.05) is 10.2 Å². The number of rotatable bonds is 3. The second kappa shape index (κ2) is 5.30. The Bertz CT molecular complexity index is 640. The molecule has 4 unspecified atom stereocenters. The second-order valence-electron chi connectivity index (χ2n) is 5.79. The maximum absolute atomic E-state index is 12.5. The molecule has 1 aromatic rings. The zero-order valence-electron chi connectivity index (χ0n) is 11.5. The first kappa shape index (κ1) is 14.3. The Morgan fingerprint density at radius 1 is 1.24 bits per heavy atom. The minimum atomic E-state index is -0.876. The van der Waals surface area contributed by atoms with Crippen molar-refractivity contribution in [1.82, 2.24) is 0 Å². The molecule has 1 aromatic carbocycles. The van der Waals surface area contributed by atoms with E-state index in [1.54, 1.807) is 0 Å². The lowest BCUT2D eigenvalue weighted by Gasteiger charge is -2.24. The van der Waals surface area contributed by atoms with Crippen molar-refractivity contribution in [3.8, 4) is 0 Å². The number of amides is 1. The van der Waals surface area contributed by atoms with E-state index in [4.69, 9.17) is 0 Å². The van der Waals surface area contributed by atoms with Crippen LogP contribution in [0, 0.1) is 30.6 Å². The summed E-state index contributed by atoms with van der Waals surface area (Å²) in [6.07, 6.45) is 4.70. The van der Waals surface area contributed by atoms with Gasteiger partial charge in [0.2, 0.25) is 5.91 Å². The van der Waals surface area contributed by atoms with Gasteiger partial charge in [-0.05, 0) is 48.9 Å². The number of carbonyl (C=O) groups excluding carboxylic acids is 1. The number of halogens is 1. The number of carbonyl (C=O) groups is 2. The molecule has 0 radical (unpaired) electrons. The van der Waals surface area contributed by atoms with Gasteiger partial charge in [-0.25, -0.2) is 0 Å². The maximum Gasteiger partial charge on any atom is 0.307 e. The Hall–Kier alpha value is -1.62. The third-order valence-electron chi connectivity index (χ3n) is 4.47. The first-order chi connectivity index (χ1) is 9.97. The largest absolute Gasteiger partial charge is 0.481 e. The number of carboxylic acids is 1. The van der Waals surface area contributed by atoms with E-state index in [0.29, 0.717) is 5.69 Å². The van der Waals surface area contributed by atoms with Gasteiger partial charge in [0.1, 0.15) is 0 Å². The molecule has 4 nitrogen and oxygen atoms in total. The maximum atomic E-state index is 12.5. The van der Waals surface area contributed by atoms with Crippen LogP contribution in [0.3, 0.4) is 0 Å². The van der Waals surface area contributed by atoms with Gasteiger partial charge in [-0.3, -0.25) is 9.59 Å². The highest BCUT2D eigenvalue weighted by Crippen LogP contribution is 2.48. The molecule has 110 valence electrons. The molecule has 3 rings (SSSR count). The Morgan fingerprint density at radius 2 is 1.90 bits per heavy atom. The predicted octanol–water partition coefficient (Wildman–Crippen LogP) is 3.22. The Kier molecular flexibility index (Phi) is 3.61. The second-order valence-corrected chi connectivity index (χ2v) is 6.65. The summed E-state index contributed by atoms with van der Waals surface area (Å²) in [5, 5.41) is 12.2. The van der Waals surface area contributed by atoms with E-state index in [2.05, 4.69) is 21.2 Å². The van der Waals surface area contributed by atoms with Crippen molar-refractivity contribution in [1.29, 1.82) is 0 Å². The van der Waals surface area contributed by atoms with E-state index >= 15 is 0 Å². The first-order valence-electron chi connectivity index (χ1n) is 6.95. The minimum Gasteiger partial charge on any atom is -0.481 e. The minimum absolute atomic E-state index is 0.00472. The molecule has 0 heterocycles. The third kappa shape index (κ3) is 2.50. The summed E-state index contributed by atoms with van der Waals surface area (Å²) in [5.41, 5.74) is 1.73. The van der Waals surface area contributed by atoms with Crippen LogP contribution in [-0.2, 0) is 9.59 Å². The number of hydrogen-bond donors (Lipinski definition) is 2. The molecular weight excluding hydrogens is 334 g/mol. The smallest absolute Gasteiger partial charge is 0.307 e. The summed E-state index contributed by atoms with van der Waals surface area (Å²) < 4.78 is 0.978. The van der Waals surface area contributed by atoms with Crippen molar-refractivity contribution in [3.63, 3.8) is 0 Å². The van der Waals surface area contributed by atoms with E-state index in [1.165, 1.54) is 0 Å². The molecule has 1 amide bonds. The molecule has 2 aliphatic rings. The highest BCUT2D eigenvalue weighted by atomic mass is 79.9. The van der Waals surface area contributed by atoms with Crippen molar-refractivity contribution < 1.29 is 14.7 Å². The number of aryl methyl sites for hydroxylation is 1. The summed E-state index contributed by atoms with van der Waals surface area (Å²) in [5.74, 6) is -2.10.